The highest BCUT2D eigenvalue weighted by Crippen LogP contribution is 2.32. The molecule has 1 atom stereocenters. The number of nitrogens with one attached hydrogen (secondary N) is 1. The second-order valence-electron chi connectivity index (χ2n) is 5.66. The van der Waals surface area contributed by atoms with Crippen LogP contribution in [-0.2, 0) is 13.0 Å². The van der Waals surface area contributed by atoms with Crippen molar-refractivity contribution >= 4 is 11.6 Å². The van der Waals surface area contributed by atoms with E-state index in [1.54, 1.807) is 0 Å². The van der Waals surface area contributed by atoms with E-state index in [0.717, 1.165) is 30.3 Å². The summed E-state index contributed by atoms with van der Waals surface area (Å²) in [4.78, 5) is 0. The van der Waals surface area contributed by atoms with Crippen LogP contribution in [0.3, 0.4) is 0 Å². The number of unbranched alkanes of at least 4 members (excludes halogenated alkanes) is 1. The number of hydrogen-bond donors (Lipinski definition) is 1. The van der Waals surface area contributed by atoms with Crippen molar-refractivity contribution in [1.82, 2.24) is 5.32 Å². The third kappa shape index (κ3) is 4.13. The Morgan fingerprint density at radius 3 is 2.85 bits per heavy atom. The Morgan fingerprint density at radius 2 is 2.10 bits per heavy atom. The number of benzene rings is 1. The van der Waals surface area contributed by atoms with Gasteiger partial charge in [-0.3, -0.25) is 0 Å². The standard InChI is InChI=1S/C17H26ClNO/c1-3-5-7-16(6-4-2)19-12-14-11-15(18)10-13-8-9-20-17(13)14/h10-11,16,19H,3-9,12H2,1-2H3. The number of ether oxygens (including phenoxy) is 1. The fraction of sp³-hybridized carbons (Fsp3) is 0.647. The molecule has 0 amide bonds. The first-order valence-corrected chi connectivity index (χ1v) is 8.29. The van der Waals surface area contributed by atoms with Crippen LogP contribution in [0.25, 0.3) is 0 Å². The summed E-state index contributed by atoms with van der Waals surface area (Å²) >= 11 is 6.21. The van der Waals surface area contributed by atoms with Crippen molar-refractivity contribution in [2.45, 2.75) is 65.0 Å². The molecular formula is C17H26ClNO. The Bertz CT molecular complexity index is 433. The van der Waals surface area contributed by atoms with Gasteiger partial charge in [-0.1, -0.05) is 44.7 Å². The van der Waals surface area contributed by atoms with E-state index in [0.29, 0.717) is 6.04 Å². The van der Waals surface area contributed by atoms with Crippen molar-refractivity contribution in [3.05, 3.63) is 28.3 Å². The lowest BCUT2D eigenvalue weighted by atomic mass is 10.0. The third-order valence-electron chi connectivity index (χ3n) is 3.95. The molecule has 20 heavy (non-hydrogen) atoms. The summed E-state index contributed by atoms with van der Waals surface area (Å²) in [6.07, 6.45) is 7.26. The van der Waals surface area contributed by atoms with Crippen LogP contribution < -0.4 is 10.1 Å². The van der Waals surface area contributed by atoms with E-state index in [2.05, 4.69) is 19.2 Å². The number of fused-ring (bicyclic) bond motifs is 1. The van der Waals surface area contributed by atoms with Crippen LogP contribution in [0.2, 0.25) is 5.02 Å². The molecule has 0 fully saturated rings. The van der Waals surface area contributed by atoms with E-state index in [-0.39, 0.29) is 0 Å². The zero-order valence-corrected chi connectivity index (χ0v) is 13.4. The fourth-order valence-electron chi connectivity index (χ4n) is 2.88. The van der Waals surface area contributed by atoms with Gasteiger partial charge in [0.15, 0.2) is 0 Å². The first-order chi connectivity index (χ1) is 9.74. The van der Waals surface area contributed by atoms with Crippen LogP contribution in [0.1, 0.15) is 57.1 Å². The lowest BCUT2D eigenvalue weighted by Gasteiger charge is -2.19. The molecule has 0 spiro atoms. The molecule has 1 N–H and O–H groups in total. The Morgan fingerprint density at radius 1 is 1.25 bits per heavy atom. The highest BCUT2D eigenvalue weighted by atomic mass is 35.5. The summed E-state index contributed by atoms with van der Waals surface area (Å²) in [7, 11) is 0. The van der Waals surface area contributed by atoms with Crippen molar-refractivity contribution in [3.63, 3.8) is 0 Å². The monoisotopic (exact) mass is 295 g/mol. The lowest BCUT2D eigenvalue weighted by Crippen LogP contribution is -2.28. The maximum atomic E-state index is 6.21. The number of rotatable bonds is 8. The second kappa shape index (κ2) is 7.90. The van der Waals surface area contributed by atoms with Crippen LogP contribution in [0.5, 0.6) is 5.75 Å². The molecule has 2 nitrogen and oxygen atoms in total. The zero-order valence-electron chi connectivity index (χ0n) is 12.7. The van der Waals surface area contributed by atoms with Gasteiger partial charge in [-0.15, -0.1) is 0 Å². The molecule has 1 aliphatic heterocycles. The molecule has 112 valence electrons. The molecule has 0 aromatic heterocycles. The Kier molecular flexibility index (Phi) is 6.18. The molecule has 0 aliphatic carbocycles. The van der Waals surface area contributed by atoms with Crippen LogP contribution in [0, 0.1) is 0 Å². The molecule has 0 saturated heterocycles. The Labute approximate surface area is 127 Å². The molecule has 1 heterocycles. The van der Waals surface area contributed by atoms with Gasteiger partial charge in [0.1, 0.15) is 5.75 Å². The summed E-state index contributed by atoms with van der Waals surface area (Å²) < 4.78 is 5.76. The minimum Gasteiger partial charge on any atom is -0.493 e. The van der Waals surface area contributed by atoms with E-state index in [4.69, 9.17) is 16.3 Å². The largest absolute Gasteiger partial charge is 0.493 e. The first-order valence-electron chi connectivity index (χ1n) is 7.92. The molecular weight excluding hydrogens is 270 g/mol. The van der Waals surface area contributed by atoms with Crippen molar-refractivity contribution in [3.8, 4) is 5.75 Å². The molecule has 1 unspecified atom stereocenters. The normalized spacial score (nSPS) is 14.9. The van der Waals surface area contributed by atoms with Gasteiger partial charge in [0.05, 0.1) is 6.61 Å². The summed E-state index contributed by atoms with van der Waals surface area (Å²) in [5.41, 5.74) is 2.47. The summed E-state index contributed by atoms with van der Waals surface area (Å²) in [6.45, 7) is 6.15. The van der Waals surface area contributed by atoms with Gasteiger partial charge in [-0.05, 0) is 30.5 Å². The molecule has 2 rings (SSSR count). The van der Waals surface area contributed by atoms with Crippen LogP contribution in [-0.4, -0.2) is 12.6 Å². The van der Waals surface area contributed by atoms with Gasteiger partial charge in [-0.2, -0.15) is 0 Å². The lowest BCUT2D eigenvalue weighted by molar-refractivity contribution is 0.350. The second-order valence-corrected chi connectivity index (χ2v) is 6.10. The molecule has 0 radical (unpaired) electrons. The van der Waals surface area contributed by atoms with E-state index in [9.17, 15) is 0 Å². The summed E-state index contributed by atoms with van der Waals surface area (Å²) in [5.74, 6) is 1.06. The number of halogens is 1. The first kappa shape index (κ1) is 15.7. The Hall–Kier alpha value is -0.730. The zero-order chi connectivity index (χ0) is 14.4. The molecule has 3 heteroatoms. The highest BCUT2D eigenvalue weighted by Gasteiger charge is 2.18. The topological polar surface area (TPSA) is 21.3 Å². The smallest absolute Gasteiger partial charge is 0.127 e. The van der Waals surface area contributed by atoms with Crippen molar-refractivity contribution in [2.75, 3.05) is 6.61 Å². The predicted octanol–water partition coefficient (Wildman–Crippen LogP) is 4.72. The highest BCUT2D eigenvalue weighted by molar-refractivity contribution is 6.30. The number of hydrogen-bond acceptors (Lipinski definition) is 2. The maximum Gasteiger partial charge on any atom is 0.127 e. The minimum atomic E-state index is 0.607. The summed E-state index contributed by atoms with van der Waals surface area (Å²) in [6, 6.07) is 4.69. The molecule has 1 aromatic rings. The van der Waals surface area contributed by atoms with Gasteiger partial charge in [0.2, 0.25) is 0 Å². The van der Waals surface area contributed by atoms with Crippen LogP contribution in [0.15, 0.2) is 12.1 Å². The minimum absolute atomic E-state index is 0.607. The average Bonchev–Trinajstić information content (AvgIpc) is 2.89. The van der Waals surface area contributed by atoms with E-state index in [1.807, 2.05) is 12.1 Å². The van der Waals surface area contributed by atoms with Crippen molar-refractivity contribution in [1.29, 1.82) is 0 Å². The van der Waals surface area contributed by atoms with Gasteiger partial charge < -0.3 is 10.1 Å². The van der Waals surface area contributed by atoms with Gasteiger partial charge in [0.25, 0.3) is 0 Å². The van der Waals surface area contributed by atoms with E-state index < -0.39 is 0 Å². The van der Waals surface area contributed by atoms with Crippen molar-refractivity contribution in [2.24, 2.45) is 0 Å². The molecule has 1 aromatic carbocycles. The summed E-state index contributed by atoms with van der Waals surface area (Å²) in [5, 5.41) is 4.52. The van der Waals surface area contributed by atoms with Gasteiger partial charge in [0, 0.05) is 29.6 Å². The van der Waals surface area contributed by atoms with Crippen LogP contribution in [0.4, 0.5) is 0 Å². The van der Waals surface area contributed by atoms with E-state index in [1.165, 1.54) is 43.2 Å². The molecule has 0 bridgehead atoms. The van der Waals surface area contributed by atoms with Gasteiger partial charge >= 0.3 is 0 Å². The Balaban J connectivity index is 1.98. The fourth-order valence-corrected chi connectivity index (χ4v) is 3.14. The maximum absolute atomic E-state index is 6.21. The van der Waals surface area contributed by atoms with Gasteiger partial charge in [-0.25, -0.2) is 0 Å². The molecule has 1 aliphatic rings. The quantitative estimate of drug-likeness (QED) is 0.749. The van der Waals surface area contributed by atoms with Crippen molar-refractivity contribution < 1.29 is 4.74 Å². The third-order valence-corrected chi connectivity index (χ3v) is 4.17. The molecule has 0 saturated carbocycles. The van der Waals surface area contributed by atoms with Crippen LogP contribution >= 0.6 is 11.6 Å². The SMILES string of the molecule is CCCCC(CCC)NCc1cc(Cl)cc2c1OCC2. The predicted molar refractivity (Wildman–Crippen MR) is 85.7 cm³/mol. The average molecular weight is 296 g/mol. The van der Waals surface area contributed by atoms with E-state index >= 15 is 0 Å².